The number of benzene rings is 1. The molecule has 2 heteroatoms. The highest BCUT2D eigenvalue weighted by molar-refractivity contribution is 5.15. The van der Waals surface area contributed by atoms with Gasteiger partial charge in [-0.25, -0.2) is 0 Å². The molecule has 2 atom stereocenters. The second kappa shape index (κ2) is 5.02. The fourth-order valence-electron chi connectivity index (χ4n) is 3.37. The minimum Gasteiger partial charge on any atom is -0.297 e. The summed E-state index contributed by atoms with van der Waals surface area (Å²) in [5.41, 5.74) is 1.67. The number of hydrogen-bond donors (Lipinski definition) is 2. The monoisotopic (exact) mass is 246 g/mol. The summed E-state index contributed by atoms with van der Waals surface area (Å²) < 4.78 is 0. The second-order valence-corrected chi connectivity index (χ2v) is 6.58. The maximum atomic E-state index is 3.76. The number of aryl methyl sites for hydroxylation is 1. The third-order valence-electron chi connectivity index (χ3n) is 3.75. The minimum atomic E-state index is 0.0387. The molecule has 100 valence electrons. The third kappa shape index (κ3) is 3.56. The molecule has 1 aromatic rings. The summed E-state index contributed by atoms with van der Waals surface area (Å²) in [4.78, 5) is 0. The predicted octanol–water partition coefficient (Wildman–Crippen LogP) is 3.09. The van der Waals surface area contributed by atoms with E-state index in [1.54, 1.807) is 0 Å². The van der Waals surface area contributed by atoms with Crippen molar-refractivity contribution in [1.29, 1.82) is 0 Å². The van der Waals surface area contributed by atoms with Crippen molar-refractivity contribution in [2.75, 3.05) is 0 Å². The van der Waals surface area contributed by atoms with E-state index in [1.165, 1.54) is 12.0 Å². The summed E-state index contributed by atoms with van der Waals surface area (Å²) in [7, 11) is 0. The Morgan fingerprint density at radius 2 is 1.83 bits per heavy atom. The Bertz CT molecular complexity index is 385. The standard InChI is InChI=1S/C16H26N2/c1-13-12-15(2,3)18-16(4,17-13)11-10-14-8-6-5-7-9-14/h5-9,13,17-18H,10-12H2,1-4H3. The van der Waals surface area contributed by atoms with Gasteiger partial charge in [0.2, 0.25) is 0 Å². The Balaban J connectivity index is 1.99. The molecule has 0 amide bonds. The van der Waals surface area contributed by atoms with Gasteiger partial charge in [-0.3, -0.25) is 10.6 Å². The van der Waals surface area contributed by atoms with Crippen LogP contribution in [-0.4, -0.2) is 17.2 Å². The molecule has 18 heavy (non-hydrogen) atoms. The van der Waals surface area contributed by atoms with E-state index in [1.807, 2.05) is 0 Å². The van der Waals surface area contributed by atoms with Gasteiger partial charge in [-0.1, -0.05) is 30.3 Å². The van der Waals surface area contributed by atoms with Gasteiger partial charge in [0.15, 0.2) is 0 Å². The van der Waals surface area contributed by atoms with E-state index in [9.17, 15) is 0 Å². The van der Waals surface area contributed by atoms with Crippen LogP contribution in [0.4, 0.5) is 0 Å². The summed E-state index contributed by atoms with van der Waals surface area (Å²) in [6.07, 6.45) is 3.40. The van der Waals surface area contributed by atoms with Crippen molar-refractivity contribution >= 4 is 0 Å². The van der Waals surface area contributed by atoms with E-state index in [0.29, 0.717) is 6.04 Å². The molecule has 1 heterocycles. The van der Waals surface area contributed by atoms with Crippen LogP contribution in [0.2, 0.25) is 0 Å². The Labute approximate surface area is 111 Å². The molecule has 2 nitrogen and oxygen atoms in total. The van der Waals surface area contributed by atoms with Crippen LogP contribution in [0.3, 0.4) is 0 Å². The highest BCUT2D eigenvalue weighted by atomic mass is 15.3. The highest BCUT2D eigenvalue weighted by Crippen LogP contribution is 2.25. The van der Waals surface area contributed by atoms with Gasteiger partial charge in [-0.05, 0) is 52.5 Å². The molecule has 0 saturated carbocycles. The van der Waals surface area contributed by atoms with Gasteiger partial charge in [0.25, 0.3) is 0 Å². The lowest BCUT2D eigenvalue weighted by Crippen LogP contribution is -2.69. The molecule has 0 bridgehead atoms. The van der Waals surface area contributed by atoms with Crippen molar-refractivity contribution in [3.8, 4) is 0 Å². The molecule has 0 spiro atoms. The van der Waals surface area contributed by atoms with Crippen molar-refractivity contribution in [2.24, 2.45) is 0 Å². The van der Waals surface area contributed by atoms with Crippen molar-refractivity contribution in [1.82, 2.24) is 10.6 Å². The summed E-state index contributed by atoms with van der Waals surface area (Å²) in [6.45, 7) is 9.16. The number of rotatable bonds is 3. The molecule has 2 N–H and O–H groups in total. The van der Waals surface area contributed by atoms with Crippen molar-refractivity contribution in [2.45, 2.75) is 64.2 Å². The fraction of sp³-hybridized carbons (Fsp3) is 0.625. The third-order valence-corrected chi connectivity index (χ3v) is 3.75. The molecule has 0 radical (unpaired) electrons. The van der Waals surface area contributed by atoms with E-state index >= 15 is 0 Å². The second-order valence-electron chi connectivity index (χ2n) is 6.58. The van der Waals surface area contributed by atoms with Crippen molar-refractivity contribution < 1.29 is 0 Å². The molecule has 2 unspecified atom stereocenters. The SMILES string of the molecule is CC1CC(C)(C)NC(C)(CCc2ccccc2)N1. The van der Waals surface area contributed by atoms with Crippen LogP contribution in [0, 0.1) is 0 Å². The maximum Gasteiger partial charge on any atom is 0.0667 e. The van der Waals surface area contributed by atoms with Crippen LogP contribution in [-0.2, 0) is 6.42 Å². The topological polar surface area (TPSA) is 24.1 Å². The molecule has 0 aromatic heterocycles. The zero-order valence-corrected chi connectivity index (χ0v) is 12.1. The average molecular weight is 246 g/mol. The smallest absolute Gasteiger partial charge is 0.0667 e. The molecular formula is C16H26N2. The summed E-state index contributed by atoms with van der Waals surface area (Å²) in [5, 5.41) is 7.47. The first-order chi connectivity index (χ1) is 8.39. The highest BCUT2D eigenvalue weighted by Gasteiger charge is 2.37. The van der Waals surface area contributed by atoms with Gasteiger partial charge in [0.05, 0.1) is 5.66 Å². The Kier molecular flexibility index (Phi) is 3.79. The van der Waals surface area contributed by atoms with Crippen LogP contribution < -0.4 is 10.6 Å². The van der Waals surface area contributed by atoms with Crippen molar-refractivity contribution in [3.63, 3.8) is 0 Å². The molecule has 1 saturated heterocycles. The Hall–Kier alpha value is -0.860. The van der Waals surface area contributed by atoms with Crippen LogP contribution in [0.25, 0.3) is 0 Å². The number of nitrogens with one attached hydrogen (secondary N) is 2. The molecule has 1 aliphatic heterocycles. The first kappa shape index (κ1) is 13.6. The van der Waals surface area contributed by atoms with Crippen LogP contribution in [0.15, 0.2) is 30.3 Å². The molecular weight excluding hydrogens is 220 g/mol. The first-order valence-electron chi connectivity index (χ1n) is 7.00. The first-order valence-corrected chi connectivity index (χ1v) is 7.00. The van der Waals surface area contributed by atoms with Crippen LogP contribution >= 0.6 is 0 Å². The molecule has 2 rings (SSSR count). The van der Waals surface area contributed by atoms with Crippen LogP contribution in [0.5, 0.6) is 0 Å². The molecule has 1 aromatic carbocycles. The van der Waals surface area contributed by atoms with Gasteiger partial charge in [-0.2, -0.15) is 0 Å². The molecule has 1 aliphatic rings. The Morgan fingerprint density at radius 1 is 1.17 bits per heavy atom. The summed E-state index contributed by atoms with van der Waals surface area (Å²) >= 11 is 0. The Morgan fingerprint density at radius 3 is 2.44 bits per heavy atom. The number of hydrogen-bond acceptors (Lipinski definition) is 2. The van der Waals surface area contributed by atoms with Gasteiger partial charge >= 0.3 is 0 Å². The predicted molar refractivity (Wildman–Crippen MR) is 77.6 cm³/mol. The normalized spacial score (nSPS) is 31.2. The fourth-order valence-corrected chi connectivity index (χ4v) is 3.37. The van der Waals surface area contributed by atoms with Gasteiger partial charge in [0, 0.05) is 11.6 Å². The van der Waals surface area contributed by atoms with Gasteiger partial charge in [-0.15, -0.1) is 0 Å². The van der Waals surface area contributed by atoms with E-state index < -0.39 is 0 Å². The quantitative estimate of drug-likeness (QED) is 0.856. The van der Waals surface area contributed by atoms with E-state index in [4.69, 9.17) is 0 Å². The van der Waals surface area contributed by atoms with E-state index in [0.717, 1.165) is 12.8 Å². The average Bonchev–Trinajstić information content (AvgIpc) is 2.24. The van der Waals surface area contributed by atoms with Gasteiger partial charge < -0.3 is 0 Å². The maximum absolute atomic E-state index is 3.76. The lowest BCUT2D eigenvalue weighted by atomic mass is 9.87. The van der Waals surface area contributed by atoms with E-state index in [-0.39, 0.29) is 11.2 Å². The largest absolute Gasteiger partial charge is 0.297 e. The summed E-state index contributed by atoms with van der Waals surface area (Å²) in [5.74, 6) is 0. The minimum absolute atomic E-state index is 0.0387. The zero-order chi connectivity index (χ0) is 13.2. The van der Waals surface area contributed by atoms with E-state index in [2.05, 4.69) is 68.7 Å². The zero-order valence-electron chi connectivity index (χ0n) is 12.1. The van der Waals surface area contributed by atoms with Gasteiger partial charge in [0.1, 0.15) is 0 Å². The molecule has 1 fully saturated rings. The van der Waals surface area contributed by atoms with Crippen LogP contribution in [0.1, 0.15) is 46.1 Å². The van der Waals surface area contributed by atoms with Crippen molar-refractivity contribution in [3.05, 3.63) is 35.9 Å². The molecule has 0 aliphatic carbocycles. The lowest BCUT2D eigenvalue weighted by Gasteiger charge is -2.48. The summed E-state index contributed by atoms with van der Waals surface area (Å²) in [6, 6.07) is 11.3. The lowest BCUT2D eigenvalue weighted by molar-refractivity contribution is 0.108.